The molecule has 0 aromatic heterocycles. The third kappa shape index (κ3) is 3.57. The van der Waals surface area contributed by atoms with Crippen LogP contribution in [0.3, 0.4) is 0 Å². The minimum Gasteiger partial charge on any atom is -0.497 e. The molecule has 0 saturated heterocycles. The summed E-state index contributed by atoms with van der Waals surface area (Å²) >= 11 is 3.39. The van der Waals surface area contributed by atoms with E-state index >= 15 is 0 Å². The Morgan fingerprint density at radius 2 is 1.76 bits per heavy atom. The molecule has 2 aromatic rings. The Labute approximate surface area is 133 Å². The van der Waals surface area contributed by atoms with Gasteiger partial charge in [-0.05, 0) is 61.4 Å². The highest BCUT2D eigenvalue weighted by molar-refractivity contribution is 9.10. The van der Waals surface area contributed by atoms with Crippen LogP contribution in [0, 0.1) is 13.8 Å². The highest BCUT2D eigenvalue weighted by Gasteiger charge is 2.17. The number of methoxy groups -OCH3 is 1. The molecule has 1 N–H and O–H groups in total. The molecule has 112 valence electrons. The molecule has 4 nitrogen and oxygen atoms in total. The SMILES string of the molecule is COc1ccc(S(=O)(=O)Nc2ccc(Br)c(C)c2)c(C)c1. The van der Waals surface area contributed by atoms with E-state index < -0.39 is 10.0 Å². The van der Waals surface area contributed by atoms with E-state index in [2.05, 4.69) is 20.7 Å². The van der Waals surface area contributed by atoms with Crippen LogP contribution in [-0.4, -0.2) is 15.5 Å². The molecule has 6 heteroatoms. The van der Waals surface area contributed by atoms with Crippen molar-refractivity contribution >= 4 is 31.6 Å². The lowest BCUT2D eigenvalue weighted by molar-refractivity contribution is 0.414. The maximum atomic E-state index is 12.5. The first-order valence-electron chi connectivity index (χ1n) is 6.27. The highest BCUT2D eigenvalue weighted by Crippen LogP contribution is 2.25. The standard InChI is InChI=1S/C15H16BrNO3S/c1-10-8-12(4-6-14(10)16)17-21(18,19)15-7-5-13(20-3)9-11(15)2/h4-9,17H,1-3H3. The molecule has 0 aliphatic carbocycles. The number of rotatable bonds is 4. The lowest BCUT2D eigenvalue weighted by Gasteiger charge is -2.12. The zero-order valence-corrected chi connectivity index (χ0v) is 14.4. The Morgan fingerprint density at radius 1 is 1.05 bits per heavy atom. The number of hydrogen-bond acceptors (Lipinski definition) is 3. The summed E-state index contributed by atoms with van der Waals surface area (Å²) in [7, 11) is -2.07. The minimum absolute atomic E-state index is 0.240. The zero-order chi connectivity index (χ0) is 15.6. The smallest absolute Gasteiger partial charge is 0.262 e. The summed E-state index contributed by atoms with van der Waals surface area (Å²) in [6.07, 6.45) is 0. The van der Waals surface area contributed by atoms with Crippen LogP contribution < -0.4 is 9.46 Å². The first-order valence-corrected chi connectivity index (χ1v) is 8.55. The van der Waals surface area contributed by atoms with Crippen LogP contribution in [0.2, 0.25) is 0 Å². The molecule has 0 aliphatic heterocycles. The first-order chi connectivity index (χ1) is 9.83. The fraction of sp³-hybridized carbons (Fsp3) is 0.200. The number of aryl methyl sites for hydroxylation is 2. The number of halogens is 1. The second-order valence-electron chi connectivity index (χ2n) is 4.70. The third-order valence-electron chi connectivity index (χ3n) is 3.08. The fourth-order valence-electron chi connectivity index (χ4n) is 1.97. The van der Waals surface area contributed by atoms with Gasteiger partial charge in [0.1, 0.15) is 5.75 Å². The number of nitrogens with one attached hydrogen (secondary N) is 1. The Morgan fingerprint density at radius 3 is 2.33 bits per heavy atom. The van der Waals surface area contributed by atoms with Gasteiger partial charge in [0.2, 0.25) is 0 Å². The number of ether oxygens (including phenoxy) is 1. The molecule has 0 radical (unpaired) electrons. The minimum atomic E-state index is -3.62. The Bertz CT molecular complexity index is 772. The number of benzene rings is 2. The van der Waals surface area contributed by atoms with Crippen molar-refractivity contribution in [2.45, 2.75) is 18.7 Å². The monoisotopic (exact) mass is 369 g/mol. The number of sulfonamides is 1. The molecule has 0 unspecified atom stereocenters. The van der Waals surface area contributed by atoms with Gasteiger partial charge in [0.25, 0.3) is 10.0 Å². The van der Waals surface area contributed by atoms with E-state index in [0.717, 1.165) is 10.0 Å². The predicted octanol–water partition coefficient (Wildman–Crippen LogP) is 3.88. The predicted molar refractivity (Wildman–Crippen MR) is 87.4 cm³/mol. The topological polar surface area (TPSA) is 55.4 Å². The summed E-state index contributed by atoms with van der Waals surface area (Å²) in [5.74, 6) is 0.630. The largest absolute Gasteiger partial charge is 0.497 e. The van der Waals surface area contributed by atoms with E-state index in [1.54, 1.807) is 44.4 Å². The van der Waals surface area contributed by atoms with Crippen LogP contribution in [-0.2, 0) is 10.0 Å². The Kier molecular flexibility index (Phi) is 4.58. The van der Waals surface area contributed by atoms with E-state index in [4.69, 9.17) is 4.74 Å². The van der Waals surface area contributed by atoms with Crippen molar-refractivity contribution in [3.05, 3.63) is 52.0 Å². The van der Waals surface area contributed by atoms with E-state index in [9.17, 15) is 8.42 Å². The Hall–Kier alpha value is -1.53. The molecule has 0 aliphatic rings. The summed E-state index contributed by atoms with van der Waals surface area (Å²) in [4.78, 5) is 0.240. The molecule has 0 bridgehead atoms. The van der Waals surface area contributed by atoms with Gasteiger partial charge in [0, 0.05) is 10.2 Å². The number of hydrogen-bond donors (Lipinski definition) is 1. The average Bonchev–Trinajstić information content (AvgIpc) is 2.42. The molecular weight excluding hydrogens is 354 g/mol. The van der Waals surface area contributed by atoms with Crippen LogP contribution in [0.25, 0.3) is 0 Å². The van der Waals surface area contributed by atoms with Crippen molar-refractivity contribution in [3.8, 4) is 5.75 Å². The van der Waals surface area contributed by atoms with E-state index in [1.807, 2.05) is 13.0 Å². The average molecular weight is 370 g/mol. The summed E-state index contributed by atoms with van der Waals surface area (Å²) in [6.45, 7) is 3.64. The van der Waals surface area contributed by atoms with Crippen LogP contribution >= 0.6 is 15.9 Å². The van der Waals surface area contributed by atoms with Gasteiger partial charge in [0.05, 0.1) is 12.0 Å². The van der Waals surface area contributed by atoms with Gasteiger partial charge < -0.3 is 4.74 Å². The molecule has 21 heavy (non-hydrogen) atoms. The van der Waals surface area contributed by atoms with Gasteiger partial charge in [-0.15, -0.1) is 0 Å². The second kappa shape index (κ2) is 6.07. The van der Waals surface area contributed by atoms with Gasteiger partial charge in [-0.1, -0.05) is 15.9 Å². The van der Waals surface area contributed by atoms with Gasteiger partial charge in [-0.3, -0.25) is 4.72 Å². The summed E-state index contributed by atoms with van der Waals surface area (Å²) in [6, 6.07) is 10.2. The summed E-state index contributed by atoms with van der Waals surface area (Å²) in [5.41, 5.74) is 2.13. The van der Waals surface area contributed by atoms with Gasteiger partial charge in [0.15, 0.2) is 0 Å². The van der Waals surface area contributed by atoms with Crippen LogP contribution in [0.1, 0.15) is 11.1 Å². The summed E-state index contributed by atoms with van der Waals surface area (Å²) in [5, 5.41) is 0. The first kappa shape index (κ1) is 15.9. The quantitative estimate of drug-likeness (QED) is 0.889. The lowest BCUT2D eigenvalue weighted by atomic mass is 10.2. The molecule has 2 rings (SSSR count). The van der Waals surface area contributed by atoms with Gasteiger partial charge >= 0.3 is 0 Å². The third-order valence-corrected chi connectivity index (χ3v) is 5.51. The maximum Gasteiger partial charge on any atom is 0.262 e. The fourth-order valence-corrected chi connectivity index (χ4v) is 3.49. The molecule has 2 aromatic carbocycles. The van der Waals surface area contributed by atoms with Gasteiger partial charge in [-0.25, -0.2) is 8.42 Å². The second-order valence-corrected chi connectivity index (χ2v) is 7.21. The van der Waals surface area contributed by atoms with Crippen molar-refractivity contribution in [2.75, 3.05) is 11.8 Å². The lowest BCUT2D eigenvalue weighted by Crippen LogP contribution is -2.14. The maximum absolute atomic E-state index is 12.5. The van der Waals surface area contributed by atoms with Crippen molar-refractivity contribution in [1.29, 1.82) is 0 Å². The van der Waals surface area contributed by atoms with E-state index in [1.165, 1.54) is 0 Å². The van der Waals surface area contributed by atoms with Crippen molar-refractivity contribution in [3.63, 3.8) is 0 Å². The molecule has 0 fully saturated rings. The molecule has 0 spiro atoms. The highest BCUT2D eigenvalue weighted by atomic mass is 79.9. The zero-order valence-electron chi connectivity index (χ0n) is 12.0. The van der Waals surface area contributed by atoms with Crippen LogP contribution in [0.4, 0.5) is 5.69 Å². The van der Waals surface area contributed by atoms with Crippen molar-refractivity contribution in [2.24, 2.45) is 0 Å². The summed E-state index contributed by atoms with van der Waals surface area (Å²) < 4.78 is 33.5. The van der Waals surface area contributed by atoms with Crippen molar-refractivity contribution < 1.29 is 13.2 Å². The molecule has 0 atom stereocenters. The van der Waals surface area contributed by atoms with E-state index in [0.29, 0.717) is 17.0 Å². The van der Waals surface area contributed by atoms with Crippen LogP contribution in [0.5, 0.6) is 5.75 Å². The molecule has 0 heterocycles. The molecule has 0 amide bonds. The molecule has 0 saturated carbocycles. The van der Waals surface area contributed by atoms with Gasteiger partial charge in [-0.2, -0.15) is 0 Å². The van der Waals surface area contributed by atoms with Crippen LogP contribution in [0.15, 0.2) is 45.8 Å². The van der Waals surface area contributed by atoms with Crippen molar-refractivity contribution in [1.82, 2.24) is 0 Å². The normalized spacial score (nSPS) is 11.2. The Balaban J connectivity index is 2.36. The van der Waals surface area contributed by atoms with E-state index in [-0.39, 0.29) is 4.90 Å². The molecular formula is C15H16BrNO3S. The number of anilines is 1.